The lowest BCUT2D eigenvalue weighted by Crippen LogP contribution is -2.34. The Hall–Kier alpha value is -1.53. The summed E-state index contributed by atoms with van der Waals surface area (Å²) in [6, 6.07) is 7.46. The van der Waals surface area contributed by atoms with E-state index in [2.05, 4.69) is 10.3 Å². The highest BCUT2D eigenvalue weighted by atomic mass is 32.2. The normalized spacial score (nSPS) is 12.5. The molecule has 0 aliphatic rings. The van der Waals surface area contributed by atoms with Crippen molar-refractivity contribution in [3.8, 4) is 0 Å². The maximum atomic E-state index is 11.6. The molecule has 6 heteroatoms. The van der Waals surface area contributed by atoms with Crippen LogP contribution >= 0.6 is 11.8 Å². The molecule has 0 spiro atoms. The first-order valence-corrected chi connectivity index (χ1v) is 7.06. The Bertz CT molecular complexity index is 523. The highest BCUT2D eigenvalue weighted by Crippen LogP contribution is 2.22. The topological polar surface area (TPSA) is 75.4 Å². The Morgan fingerprint density at radius 3 is 3.05 bits per heavy atom. The third kappa shape index (κ3) is 3.97. The van der Waals surface area contributed by atoms with Crippen molar-refractivity contribution in [2.45, 2.75) is 24.6 Å². The number of nitrogens with one attached hydrogen (secondary N) is 1. The zero-order valence-corrected chi connectivity index (χ0v) is 11.4. The lowest BCUT2D eigenvalue weighted by molar-refractivity contribution is -0.119. The minimum Gasteiger partial charge on any atom is -0.431 e. The van der Waals surface area contributed by atoms with Crippen molar-refractivity contribution in [3.05, 3.63) is 24.3 Å². The van der Waals surface area contributed by atoms with E-state index in [4.69, 9.17) is 9.52 Å². The molecule has 5 nitrogen and oxygen atoms in total. The van der Waals surface area contributed by atoms with Gasteiger partial charge >= 0.3 is 0 Å². The van der Waals surface area contributed by atoms with Gasteiger partial charge in [0.1, 0.15) is 5.52 Å². The van der Waals surface area contributed by atoms with Crippen LogP contribution in [0.3, 0.4) is 0 Å². The molecule has 2 aromatic rings. The number of amides is 1. The fourth-order valence-electron chi connectivity index (χ4n) is 1.62. The van der Waals surface area contributed by atoms with Crippen LogP contribution in [0.15, 0.2) is 33.9 Å². The maximum Gasteiger partial charge on any atom is 0.257 e. The molecule has 0 radical (unpaired) electrons. The molecule has 0 bridgehead atoms. The molecule has 0 fully saturated rings. The molecule has 102 valence electrons. The zero-order valence-electron chi connectivity index (χ0n) is 10.6. The standard InChI is InChI=1S/C13H16N2O3S/c1-9(6-7-16)14-12(17)8-19-13-15-10-4-2-3-5-11(10)18-13/h2-5,9,16H,6-8H2,1H3,(H,14,17). The van der Waals surface area contributed by atoms with Gasteiger partial charge in [-0.2, -0.15) is 0 Å². The van der Waals surface area contributed by atoms with Crippen molar-refractivity contribution >= 4 is 28.8 Å². The highest BCUT2D eigenvalue weighted by molar-refractivity contribution is 7.99. The summed E-state index contributed by atoms with van der Waals surface area (Å²) in [5.74, 6) is 0.163. The van der Waals surface area contributed by atoms with E-state index in [0.29, 0.717) is 11.6 Å². The minimum atomic E-state index is -0.0896. The van der Waals surface area contributed by atoms with Gasteiger partial charge in [0.15, 0.2) is 5.58 Å². The number of aromatic nitrogens is 1. The van der Waals surface area contributed by atoms with Gasteiger partial charge in [-0.25, -0.2) is 4.98 Å². The predicted molar refractivity (Wildman–Crippen MR) is 74.0 cm³/mol. The van der Waals surface area contributed by atoms with Gasteiger partial charge in [0.25, 0.3) is 5.22 Å². The van der Waals surface area contributed by atoms with E-state index in [1.54, 1.807) is 0 Å². The van der Waals surface area contributed by atoms with Crippen LogP contribution in [0.1, 0.15) is 13.3 Å². The fraction of sp³-hybridized carbons (Fsp3) is 0.385. The van der Waals surface area contributed by atoms with Crippen molar-refractivity contribution in [2.75, 3.05) is 12.4 Å². The molecular weight excluding hydrogens is 264 g/mol. The number of aliphatic hydroxyl groups excluding tert-OH is 1. The number of thioether (sulfide) groups is 1. The molecule has 1 aromatic heterocycles. The summed E-state index contributed by atoms with van der Waals surface area (Å²) in [7, 11) is 0. The Kier molecular flexibility index (Phi) is 4.81. The summed E-state index contributed by atoms with van der Waals surface area (Å²) in [6.45, 7) is 1.93. The molecule has 1 unspecified atom stereocenters. The summed E-state index contributed by atoms with van der Waals surface area (Å²) in [4.78, 5) is 15.9. The molecule has 2 rings (SSSR count). The van der Waals surface area contributed by atoms with Gasteiger partial charge in [0.05, 0.1) is 5.75 Å². The lowest BCUT2D eigenvalue weighted by atomic mass is 10.2. The molecule has 0 aliphatic carbocycles. The second-order valence-electron chi connectivity index (χ2n) is 4.22. The number of hydrogen-bond acceptors (Lipinski definition) is 5. The van der Waals surface area contributed by atoms with Gasteiger partial charge in [-0.1, -0.05) is 23.9 Å². The zero-order chi connectivity index (χ0) is 13.7. The number of aliphatic hydroxyl groups is 1. The third-order valence-electron chi connectivity index (χ3n) is 2.57. The molecule has 1 aromatic carbocycles. The first kappa shape index (κ1) is 13.9. The molecule has 0 saturated heterocycles. The first-order chi connectivity index (χ1) is 9.19. The molecule has 1 atom stereocenters. The van der Waals surface area contributed by atoms with Gasteiger partial charge in [0.2, 0.25) is 5.91 Å². The molecular formula is C13H16N2O3S. The van der Waals surface area contributed by atoms with Gasteiger partial charge in [-0.15, -0.1) is 0 Å². The molecule has 2 N–H and O–H groups in total. The lowest BCUT2D eigenvalue weighted by Gasteiger charge is -2.11. The van der Waals surface area contributed by atoms with E-state index in [1.165, 1.54) is 11.8 Å². The van der Waals surface area contributed by atoms with E-state index < -0.39 is 0 Å². The van der Waals surface area contributed by atoms with Crippen molar-refractivity contribution in [3.63, 3.8) is 0 Å². The summed E-state index contributed by atoms with van der Waals surface area (Å²) in [6.07, 6.45) is 0.555. The van der Waals surface area contributed by atoms with E-state index in [1.807, 2.05) is 31.2 Å². The number of benzene rings is 1. The van der Waals surface area contributed by atoms with Gasteiger partial charge in [0, 0.05) is 12.6 Å². The summed E-state index contributed by atoms with van der Waals surface area (Å²) < 4.78 is 5.50. The number of hydrogen-bond donors (Lipinski definition) is 2. The summed E-state index contributed by atoms with van der Waals surface area (Å²) in [5, 5.41) is 12.0. The second kappa shape index (κ2) is 6.58. The maximum absolute atomic E-state index is 11.6. The van der Waals surface area contributed by atoms with Crippen LogP contribution < -0.4 is 5.32 Å². The largest absolute Gasteiger partial charge is 0.431 e. The number of oxazole rings is 1. The Morgan fingerprint density at radius 1 is 1.53 bits per heavy atom. The third-order valence-corrected chi connectivity index (χ3v) is 3.40. The van der Waals surface area contributed by atoms with Gasteiger partial charge < -0.3 is 14.8 Å². The molecule has 1 amide bonds. The van der Waals surface area contributed by atoms with Crippen LogP contribution in [0.5, 0.6) is 0 Å². The van der Waals surface area contributed by atoms with Crippen LogP contribution in [-0.2, 0) is 4.79 Å². The van der Waals surface area contributed by atoms with Crippen LogP contribution in [0, 0.1) is 0 Å². The number of rotatable bonds is 6. The first-order valence-electron chi connectivity index (χ1n) is 6.07. The SMILES string of the molecule is CC(CCO)NC(=O)CSc1nc2ccccc2o1. The molecule has 19 heavy (non-hydrogen) atoms. The van der Waals surface area contributed by atoms with Gasteiger partial charge in [-0.05, 0) is 25.5 Å². The van der Waals surface area contributed by atoms with Crippen LogP contribution in [0.25, 0.3) is 11.1 Å². The Balaban J connectivity index is 1.86. The Labute approximate surface area is 115 Å². The number of fused-ring (bicyclic) bond motifs is 1. The van der Waals surface area contributed by atoms with E-state index in [0.717, 1.165) is 11.1 Å². The number of nitrogens with zero attached hydrogens (tertiary/aromatic N) is 1. The monoisotopic (exact) mass is 280 g/mol. The van der Waals surface area contributed by atoms with E-state index in [-0.39, 0.29) is 24.3 Å². The predicted octanol–water partition coefficient (Wildman–Crippen LogP) is 1.81. The molecule has 1 heterocycles. The minimum absolute atomic E-state index is 0.0262. The van der Waals surface area contributed by atoms with Crippen LogP contribution in [-0.4, -0.2) is 34.4 Å². The Morgan fingerprint density at radius 2 is 2.32 bits per heavy atom. The van der Waals surface area contributed by atoms with E-state index >= 15 is 0 Å². The van der Waals surface area contributed by atoms with Crippen molar-refractivity contribution in [1.82, 2.24) is 10.3 Å². The molecule has 0 saturated carbocycles. The molecule has 0 aliphatic heterocycles. The van der Waals surface area contributed by atoms with Crippen molar-refractivity contribution in [2.24, 2.45) is 0 Å². The van der Waals surface area contributed by atoms with Crippen molar-refractivity contribution in [1.29, 1.82) is 0 Å². The average Bonchev–Trinajstić information content (AvgIpc) is 2.79. The van der Waals surface area contributed by atoms with Gasteiger partial charge in [-0.3, -0.25) is 4.79 Å². The second-order valence-corrected chi connectivity index (χ2v) is 5.14. The number of carbonyl (C=O) groups excluding carboxylic acids is 1. The highest BCUT2D eigenvalue weighted by Gasteiger charge is 2.10. The van der Waals surface area contributed by atoms with E-state index in [9.17, 15) is 4.79 Å². The number of para-hydroxylation sites is 2. The van der Waals surface area contributed by atoms with Crippen LogP contribution in [0.2, 0.25) is 0 Å². The van der Waals surface area contributed by atoms with Crippen molar-refractivity contribution < 1.29 is 14.3 Å². The quantitative estimate of drug-likeness (QED) is 0.789. The average molecular weight is 280 g/mol. The van der Waals surface area contributed by atoms with Crippen LogP contribution in [0.4, 0.5) is 0 Å². The fourth-order valence-corrected chi connectivity index (χ4v) is 2.27. The number of carbonyl (C=O) groups is 1. The smallest absolute Gasteiger partial charge is 0.257 e. The summed E-state index contributed by atoms with van der Waals surface area (Å²) in [5.41, 5.74) is 1.51. The summed E-state index contributed by atoms with van der Waals surface area (Å²) >= 11 is 1.26.